The number of esters is 1. The number of rotatable bonds is 7. The van der Waals surface area contributed by atoms with E-state index in [4.69, 9.17) is 5.11 Å². The first kappa shape index (κ1) is 15.7. The maximum Gasteiger partial charge on any atom is 0.336 e. The molecule has 0 radical (unpaired) electrons. The molecule has 17 heavy (non-hydrogen) atoms. The van der Waals surface area contributed by atoms with Crippen molar-refractivity contribution < 1.29 is 33.5 Å². The van der Waals surface area contributed by atoms with Gasteiger partial charge in [-0.05, 0) is 6.42 Å². The van der Waals surface area contributed by atoms with Gasteiger partial charge in [0.1, 0.15) is 0 Å². The number of carboxylic acids is 1. The van der Waals surface area contributed by atoms with Gasteiger partial charge in [-0.1, -0.05) is 6.92 Å². The first-order chi connectivity index (χ1) is 7.85. The largest absolute Gasteiger partial charge is 0.479 e. The van der Waals surface area contributed by atoms with Crippen LogP contribution in [0.15, 0.2) is 0 Å². The van der Waals surface area contributed by atoms with Crippen molar-refractivity contribution in [3.8, 4) is 0 Å². The fourth-order valence-corrected chi connectivity index (χ4v) is 1.06. The highest BCUT2D eigenvalue weighted by Crippen LogP contribution is 2.18. The number of ether oxygens (including phenoxy) is 1. The molecule has 0 fully saturated rings. The lowest BCUT2D eigenvalue weighted by atomic mass is 9.96. The number of carbonyl (C=O) groups is 3. The summed E-state index contributed by atoms with van der Waals surface area (Å²) in [5.74, 6) is -3.66. The van der Waals surface area contributed by atoms with E-state index >= 15 is 0 Å². The number of hydrogen-bond acceptors (Lipinski definition) is 7. The zero-order chi connectivity index (χ0) is 13.5. The lowest BCUT2D eigenvalue weighted by Gasteiger charge is -2.20. The molecule has 0 aromatic heterocycles. The highest BCUT2D eigenvalue weighted by Gasteiger charge is 2.41. The molecule has 1 unspecified atom stereocenters. The topological polar surface area (TPSA) is 110 Å². The molecular formula is C9H14O7S. The monoisotopic (exact) mass is 266 g/mol. The van der Waals surface area contributed by atoms with Crippen LogP contribution in [0.2, 0.25) is 0 Å². The summed E-state index contributed by atoms with van der Waals surface area (Å²) in [5, 5.41) is 18.4. The van der Waals surface area contributed by atoms with Crippen LogP contribution in [-0.4, -0.2) is 40.3 Å². The van der Waals surface area contributed by atoms with Gasteiger partial charge in [0.05, 0.1) is 19.4 Å². The summed E-state index contributed by atoms with van der Waals surface area (Å²) in [5.41, 5.74) is -2.54. The summed E-state index contributed by atoms with van der Waals surface area (Å²) in [6, 6.07) is 0. The van der Waals surface area contributed by atoms with Crippen molar-refractivity contribution in [3.05, 3.63) is 0 Å². The van der Waals surface area contributed by atoms with Gasteiger partial charge in [-0.15, -0.1) is 0 Å². The highest BCUT2D eigenvalue weighted by atomic mass is 32.1. The van der Waals surface area contributed by atoms with Crippen LogP contribution in [0.25, 0.3) is 0 Å². The second kappa shape index (κ2) is 7.13. The van der Waals surface area contributed by atoms with Gasteiger partial charge in [0, 0.05) is 12.9 Å². The number of carboxylic acid groups (broad SMARTS) is 1. The standard InChI is InChI=1S/C9H14O7S/c1-2-3-15-6(10)4-9(14,8(12)13)5-7(11)16-17/h14,17H,2-5H2,1H3,(H,12,13). The van der Waals surface area contributed by atoms with Gasteiger partial charge in [0.25, 0.3) is 0 Å². The van der Waals surface area contributed by atoms with Gasteiger partial charge in [-0.2, -0.15) is 0 Å². The molecule has 7 nitrogen and oxygen atoms in total. The fraction of sp³-hybridized carbons (Fsp3) is 0.667. The van der Waals surface area contributed by atoms with Crippen molar-refractivity contribution in [1.29, 1.82) is 0 Å². The molecule has 0 bridgehead atoms. The Hall–Kier alpha value is -1.28. The Morgan fingerprint density at radius 1 is 1.24 bits per heavy atom. The minimum absolute atomic E-state index is 0.117. The van der Waals surface area contributed by atoms with Crippen molar-refractivity contribution in [2.75, 3.05) is 6.61 Å². The average molecular weight is 266 g/mol. The molecule has 0 aliphatic carbocycles. The molecule has 0 aromatic rings. The molecule has 2 N–H and O–H groups in total. The number of carbonyl (C=O) groups excluding carboxylic acids is 2. The van der Waals surface area contributed by atoms with E-state index in [-0.39, 0.29) is 6.61 Å². The molecule has 1 atom stereocenters. The number of aliphatic carboxylic acids is 1. The van der Waals surface area contributed by atoms with E-state index in [9.17, 15) is 19.5 Å². The number of thiol groups is 1. The van der Waals surface area contributed by atoms with Gasteiger partial charge >= 0.3 is 17.9 Å². The third-order valence-electron chi connectivity index (χ3n) is 1.84. The van der Waals surface area contributed by atoms with Crippen molar-refractivity contribution in [3.63, 3.8) is 0 Å². The zero-order valence-electron chi connectivity index (χ0n) is 9.21. The molecule has 8 heteroatoms. The lowest BCUT2D eigenvalue weighted by Crippen LogP contribution is -2.43. The van der Waals surface area contributed by atoms with Crippen molar-refractivity contribution in [2.24, 2.45) is 0 Å². The molecule has 0 amide bonds. The molecule has 0 aliphatic rings. The van der Waals surface area contributed by atoms with Crippen molar-refractivity contribution in [2.45, 2.75) is 31.8 Å². The Kier molecular flexibility index (Phi) is 6.59. The molecule has 98 valence electrons. The minimum Gasteiger partial charge on any atom is -0.479 e. The van der Waals surface area contributed by atoms with Gasteiger partial charge in [0.15, 0.2) is 5.60 Å². The Labute approximate surface area is 103 Å². The first-order valence-corrected chi connectivity index (χ1v) is 5.18. The Morgan fingerprint density at radius 3 is 2.18 bits per heavy atom. The van der Waals surface area contributed by atoms with Crippen LogP contribution in [-0.2, 0) is 23.3 Å². The molecule has 0 saturated carbocycles. The van der Waals surface area contributed by atoms with Gasteiger partial charge in [-0.25, -0.2) is 4.79 Å². The lowest BCUT2D eigenvalue weighted by molar-refractivity contribution is -0.171. The summed E-state index contributed by atoms with van der Waals surface area (Å²) in [7, 11) is 0. The number of hydrogen-bond donors (Lipinski definition) is 3. The normalized spacial score (nSPS) is 13.6. The Balaban J connectivity index is 4.56. The average Bonchev–Trinajstić information content (AvgIpc) is 2.25. The van der Waals surface area contributed by atoms with Gasteiger partial charge < -0.3 is 19.1 Å². The van der Waals surface area contributed by atoms with Crippen LogP contribution < -0.4 is 0 Å². The van der Waals surface area contributed by atoms with E-state index in [1.807, 2.05) is 0 Å². The molecule has 0 saturated heterocycles. The molecule has 0 spiro atoms. The Bertz CT molecular complexity index is 304. The molecule has 0 aromatic carbocycles. The second-order valence-electron chi connectivity index (χ2n) is 3.37. The second-order valence-corrected chi connectivity index (χ2v) is 3.56. The van der Waals surface area contributed by atoms with E-state index in [1.54, 1.807) is 6.92 Å². The van der Waals surface area contributed by atoms with E-state index < -0.39 is 36.4 Å². The molecule has 0 aliphatic heterocycles. The fourth-order valence-electron chi connectivity index (χ4n) is 0.990. The molecule has 0 rings (SSSR count). The summed E-state index contributed by atoms with van der Waals surface area (Å²) >= 11 is 3.17. The van der Waals surface area contributed by atoms with Crippen LogP contribution >= 0.6 is 12.9 Å². The zero-order valence-corrected chi connectivity index (χ0v) is 10.1. The maximum absolute atomic E-state index is 11.2. The third kappa shape index (κ3) is 5.55. The van der Waals surface area contributed by atoms with Gasteiger partial charge in [-0.3, -0.25) is 9.59 Å². The van der Waals surface area contributed by atoms with E-state index in [0.29, 0.717) is 6.42 Å². The smallest absolute Gasteiger partial charge is 0.336 e. The predicted octanol–water partition coefficient (Wildman–Crippen LogP) is -0.0765. The summed E-state index contributed by atoms with van der Waals surface area (Å²) < 4.78 is 8.56. The predicted molar refractivity (Wildman–Crippen MR) is 58.1 cm³/mol. The van der Waals surface area contributed by atoms with Crippen LogP contribution in [0, 0.1) is 0 Å². The SMILES string of the molecule is CCCOC(=O)CC(O)(CC(=O)OS)C(=O)O. The Morgan fingerprint density at radius 2 is 1.76 bits per heavy atom. The number of aliphatic hydroxyl groups is 1. The van der Waals surface area contributed by atoms with Crippen LogP contribution in [0.4, 0.5) is 0 Å². The maximum atomic E-state index is 11.2. The van der Waals surface area contributed by atoms with Crippen LogP contribution in [0.3, 0.4) is 0 Å². The summed E-state index contributed by atoms with van der Waals surface area (Å²) in [6.07, 6.45) is -1.14. The van der Waals surface area contributed by atoms with Gasteiger partial charge in [0.2, 0.25) is 0 Å². The van der Waals surface area contributed by atoms with E-state index in [1.165, 1.54) is 0 Å². The first-order valence-electron chi connectivity index (χ1n) is 4.81. The van der Waals surface area contributed by atoms with Crippen molar-refractivity contribution >= 4 is 30.8 Å². The highest BCUT2D eigenvalue weighted by molar-refractivity contribution is 7.75. The molecule has 0 heterocycles. The van der Waals surface area contributed by atoms with E-state index in [2.05, 4.69) is 21.8 Å². The summed E-state index contributed by atoms with van der Waals surface area (Å²) in [6.45, 7) is 1.88. The van der Waals surface area contributed by atoms with Crippen LogP contribution in [0.1, 0.15) is 26.2 Å². The van der Waals surface area contributed by atoms with Crippen LogP contribution in [0.5, 0.6) is 0 Å². The van der Waals surface area contributed by atoms with E-state index in [0.717, 1.165) is 0 Å². The quantitative estimate of drug-likeness (QED) is 0.336. The third-order valence-corrected chi connectivity index (χ3v) is 2.04. The van der Waals surface area contributed by atoms with Crippen molar-refractivity contribution in [1.82, 2.24) is 0 Å². The molecular weight excluding hydrogens is 252 g/mol. The minimum atomic E-state index is -2.54. The summed E-state index contributed by atoms with van der Waals surface area (Å²) in [4.78, 5) is 32.8.